The number of benzene rings is 1. The Hall–Kier alpha value is -1.42. The van der Waals surface area contributed by atoms with Gasteiger partial charge in [-0.25, -0.2) is 4.39 Å². The first-order chi connectivity index (χ1) is 9.08. The van der Waals surface area contributed by atoms with E-state index in [0.29, 0.717) is 11.6 Å². The maximum atomic E-state index is 13.5. The van der Waals surface area contributed by atoms with E-state index in [2.05, 4.69) is 18.7 Å². The lowest BCUT2D eigenvalue weighted by molar-refractivity contribution is -0.132. The van der Waals surface area contributed by atoms with Crippen molar-refractivity contribution < 1.29 is 9.18 Å². The van der Waals surface area contributed by atoms with E-state index >= 15 is 0 Å². The van der Waals surface area contributed by atoms with Crippen molar-refractivity contribution in [2.45, 2.75) is 26.3 Å². The average Bonchev–Trinajstić information content (AvgIpc) is 2.41. The molecule has 3 nitrogen and oxygen atoms in total. The van der Waals surface area contributed by atoms with Crippen LogP contribution in [-0.4, -0.2) is 47.9 Å². The van der Waals surface area contributed by atoms with Crippen LogP contribution in [0.25, 0.3) is 0 Å². The fourth-order valence-electron chi connectivity index (χ4n) is 2.40. The maximum Gasteiger partial charge on any atom is 0.227 e. The summed E-state index contributed by atoms with van der Waals surface area (Å²) in [7, 11) is 0. The summed E-state index contributed by atoms with van der Waals surface area (Å²) in [4.78, 5) is 16.3. The highest BCUT2D eigenvalue weighted by Crippen LogP contribution is 2.11. The van der Waals surface area contributed by atoms with E-state index in [0.717, 1.165) is 26.2 Å². The summed E-state index contributed by atoms with van der Waals surface area (Å²) < 4.78 is 13.5. The van der Waals surface area contributed by atoms with Gasteiger partial charge in [-0.1, -0.05) is 18.2 Å². The van der Waals surface area contributed by atoms with Crippen LogP contribution in [0.5, 0.6) is 0 Å². The molecule has 0 aromatic heterocycles. The van der Waals surface area contributed by atoms with Crippen LogP contribution in [0.3, 0.4) is 0 Å². The number of carbonyl (C=O) groups is 1. The first-order valence-corrected chi connectivity index (χ1v) is 6.83. The van der Waals surface area contributed by atoms with Gasteiger partial charge in [-0.3, -0.25) is 9.69 Å². The second-order valence-corrected chi connectivity index (χ2v) is 5.28. The highest BCUT2D eigenvalue weighted by atomic mass is 19.1. The summed E-state index contributed by atoms with van der Waals surface area (Å²) in [6, 6.07) is 7.01. The molecule has 0 bridgehead atoms. The average molecular weight is 264 g/mol. The zero-order valence-corrected chi connectivity index (χ0v) is 11.6. The van der Waals surface area contributed by atoms with Gasteiger partial charge in [-0.15, -0.1) is 0 Å². The van der Waals surface area contributed by atoms with Crippen molar-refractivity contribution in [3.8, 4) is 0 Å². The summed E-state index contributed by atoms with van der Waals surface area (Å²) in [5.74, 6) is -0.273. The molecule has 1 saturated heterocycles. The second kappa shape index (κ2) is 6.15. The number of hydrogen-bond donors (Lipinski definition) is 0. The molecule has 0 N–H and O–H groups in total. The Bertz CT molecular complexity index is 440. The van der Waals surface area contributed by atoms with E-state index in [4.69, 9.17) is 0 Å². The molecule has 1 fully saturated rings. The minimum Gasteiger partial charge on any atom is -0.340 e. The summed E-state index contributed by atoms with van der Waals surface area (Å²) in [5, 5.41) is 0. The van der Waals surface area contributed by atoms with Crippen LogP contribution in [0.15, 0.2) is 24.3 Å². The molecule has 1 heterocycles. The number of carbonyl (C=O) groups excluding carboxylic acids is 1. The Morgan fingerprint density at radius 2 is 1.84 bits per heavy atom. The third-order valence-electron chi connectivity index (χ3n) is 3.70. The number of rotatable bonds is 3. The Morgan fingerprint density at radius 1 is 1.21 bits per heavy atom. The van der Waals surface area contributed by atoms with Gasteiger partial charge in [0, 0.05) is 32.2 Å². The third kappa shape index (κ3) is 3.53. The SMILES string of the molecule is CC(C)N1CCN(C(=O)Cc2ccccc2F)CC1. The van der Waals surface area contributed by atoms with Gasteiger partial charge in [-0.2, -0.15) is 0 Å². The fraction of sp³-hybridized carbons (Fsp3) is 0.533. The lowest BCUT2D eigenvalue weighted by Gasteiger charge is -2.37. The zero-order chi connectivity index (χ0) is 13.8. The molecule has 19 heavy (non-hydrogen) atoms. The predicted molar refractivity (Wildman–Crippen MR) is 73.4 cm³/mol. The van der Waals surface area contributed by atoms with Gasteiger partial charge in [0.1, 0.15) is 5.82 Å². The van der Waals surface area contributed by atoms with Gasteiger partial charge in [-0.05, 0) is 25.5 Å². The van der Waals surface area contributed by atoms with Crippen molar-refractivity contribution >= 4 is 5.91 Å². The molecule has 0 aliphatic carbocycles. The van der Waals surface area contributed by atoms with E-state index in [1.165, 1.54) is 6.07 Å². The highest BCUT2D eigenvalue weighted by Gasteiger charge is 2.22. The van der Waals surface area contributed by atoms with E-state index in [1.807, 2.05) is 4.90 Å². The lowest BCUT2D eigenvalue weighted by atomic mass is 10.1. The minimum atomic E-state index is -0.295. The van der Waals surface area contributed by atoms with Crippen LogP contribution < -0.4 is 0 Å². The normalized spacial score (nSPS) is 16.9. The fourth-order valence-corrected chi connectivity index (χ4v) is 2.40. The van der Waals surface area contributed by atoms with E-state index in [9.17, 15) is 9.18 Å². The molecule has 1 aliphatic heterocycles. The molecule has 1 aromatic carbocycles. The Balaban J connectivity index is 1.90. The highest BCUT2D eigenvalue weighted by molar-refractivity contribution is 5.78. The first-order valence-electron chi connectivity index (χ1n) is 6.83. The third-order valence-corrected chi connectivity index (χ3v) is 3.70. The molecule has 1 aromatic rings. The smallest absolute Gasteiger partial charge is 0.227 e. The molecule has 1 aliphatic rings. The number of halogens is 1. The van der Waals surface area contributed by atoms with Crippen LogP contribution in [0, 0.1) is 5.82 Å². The summed E-state index contributed by atoms with van der Waals surface area (Å²) in [6.07, 6.45) is 0.161. The molecular weight excluding hydrogens is 243 g/mol. The Kier molecular flexibility index (Phi) is 4.53. The predicted octanol–water partition coefficient (Wildman–Crippen LogP) is 1.92. The number of amides is 1. The van der Waals surface area contributed by atoms with Gasteiger partial charge >= 0.3 is 0 Å². The lowest BCUT2D eigenvalue weighted by Crippen LogP contribution is -2.51. The van der Waals surface area contributed by atoms with Gasteiger partial charge in [0.05, 0.1) is 6.42 Å². The largest absolute Gasteiger partial charge is 0.340 e. The van der Waals surface area contributed by atoms with Gasteiger partial charge < -0.3 is 4.90 Å². The molecule has 1 amide bonds. The van der Waals surface area contributed by atoms with E-state index in [-0.39, 0.29) is 18.1 Å². The van der Waals surface area contributed by atoms with Crippen molar-refractivity contribution in [3.63, 3.8) is 0 Å². The molecule has 0 atom stereocenters. The van der Waals surface area contributed by atoms with Crippen LogP contribution in [-0.2, 0) is 11.2 Å². The standard InChI is InChI=1S/C15H21FN2O/c1-12(2)17-7-9-18(10-8-17)15(19)11-13-5-3-4-6-14(13)16/h3-6,12H,7-11H2,1-2H3. The summed E-state index contributed by atoms with van der Waals surface area (Å²) in [5.41, 5.74) is 0.485. The van der Waals surface area contributed by atoms with Crippen LogP contribution in [0.4, 0.5) is 4.39 Å². The van der Waals surface area contributed by atoms with Crippen molar-refractivity contribution in [1.29, 1.82) is 0 Å². The van der Waals surface area contributed by atoms with Gasteiger partial charge in [0.25, 0.3) is 0 Å². The van der Waals surface area contributed by atoms with Crippen LogP contribution >= 0.6 is 0 Å². The van der Waals surface area contributed by atoms with Crippen molar-refractivity contribution in [1.82, 2.24) is 9.80 Å². The second-order valence-electron chi connectivity index (χ2n) is 5.28. The van der Waals surface area contributed by atoms with E-state index in [1.54, 1.807) is 18.2 Å². The number of piperazine rings is 1. The van der Waals surface area contributed by atoms with Crippen molar-refractivity contribution in [3.05, 3.63) is 35.6 Å². The quantitative estimate of drug-likeness (QED) is 0.832. The Labute approximate surface area is 114 Å². The molecule has 2 rings (SSSR count). The monoisotopic (exact) mass is 264 g/mol. The summed E-state index contributed by atoms with van der Waals surface area (Å²) >= 11 is 0. The van der Waals surface area contributed by atoms with Crippen molar-refractivity contribution in [2.24, 2.45) is 0 Å². The topological polar surface area (TPSA) is 23.6 Å². The number of hydrogen-bond acceptors (Lipinski definition) is 2. The maximum absolute atomic E-state index is 13.5. The van der Waals surface area contributed by atoms with Gasteiger partial charge in [0.15, 0.2) is 0 Å². The van der Waals surface area contributed by atoms with Gasteiger partial charge in [0.2, 0.25) is 5.91 Å². The van der Waals surface area contributed by atoms with E-state index < -0.39 is 0 Å². The first kappa shape index (κ1) is 14.0. The molecule has 4 heteroatoms. The molecular formula is C15H21FN2O. The number of nitrogens with zero attached hydrogens (tertiary/aromatic N) is 2. The molecule has 0 saturated carbocycles. The summed E-state index contributed by atoms with van der Waals surface area (Å²) in [6.45, 7) is 7.62. The zero-order valence-electron chi connectivity index (χ0n) is 11.6. The Morgan fingerprint density at radius 3 is 2.42 bits per heavy atom. The molecule has 0 radical (unpaired) electrons. The molecule has 0 unspecified atom stereocenters. The molecule has 0 spiro atoms. The minimum absolute atomic E-state index is 0.0218. The van der Waals surface area contributed by atoms with Crippen LogP contribution in [0.2, 0.25) is 0 Å². The molecule has 104 valence electrons. The van der Waals surface area contributed by atoms with Crippen LogP contribution in [0.1, 0.15) is 19.4 Å². The van der Waals surface area contributed by atoms with Crippen molar-refractivity contribution in [2.75, 3.05) is 26.2 Å².